The van der Waals surface area contributed by atoms with Gasteiger partial charge in [0.25, 0.3) is 0 Å². The van der Waals surface area contributed by atoms with E-state index in [1.54, 1.807) is 0 Å². The summed E-state index contributed by atoms with van der Waals surface area (Å²) in [6.07, 6.45) is 15.8. The molecule has 0 aliphatic heterocycles. The van der Waals surface area contributed by atoms with E-state index < -0.39 is 18.2 Å². The Kier molecular flexibility index (Phi) is 11.2. The molecule has 56 heavy (non-hydrogen) atoms. The second-order valence-electron chi connectivity index (χ2n) is 23.0. The molecular formula is C48H79NO7. The molecule has 0 aromatic rings. The van der Waals surface area contributed by atoms with Gasteiger partial charge in [-0.3, -0.25) is 9.59 Å². The summed E-state index contributed by atoms with van der Waals surface area (Å²) in [5.74, 6) is 3.86. The largest absolute Gasteiger partial charge is 0.481 e. The first-order valence-electron chi connectivity index (χ1n) is 23.6. The summed E-state index contributed by atoms with van der Waals surface area (Å²) in [5.41, 5.74) is 0.195. The Hall–Kier alpha value is -1.22. The van der Waals surface area contributed by atoms with Crippen molar-refractivity contribution >= 4 is 11.9 Å². The first-order valence-corrected chi connectivity index (χ1v) is 23.6. The maximum atomic E-state index is 13.6. The van der Waals surface area contributed by atoms with E-state index in [0.717, 1.165) is 70.6 Å². The van der Waals surface area contributed by atoms with Crippen LogP contribution in [0.25, 0.3) is 0 Å². The Labute approximate surface area is 338 Å². The van der Waals surface area contributed by atoms with Crippen LogP contribution in [0.3, 0.4) is 0 Å². The molecule has 8 heteroatoms. The van der Waals surface area contributed by atoms with Gasteiger partial charge in [-0.15, -0.1) is 0 Å². The van der Waals surface area contributed by atoms with Gasteiger partial charge in [0.1, 0.15) is 0 Å². The summed E-state index contributed by atoms with van der Waals surface area (Å²) in [4.78, 5) is 25.0. The third-order valence-electron chi connectivity index (χ3n) is 21.0. The second kappa shape index (κ2) is 15.0. The Balaban J connectivity index is 0.856. The summed E-state index contributed by atoms with van der Waals surface area (Å²) >= 11 is 0. The van der Waals surface area contributed by atoms with Crippen molar-refractivity contribution in [3.63, 3.8) is 0 Å². The van der Waals surface area contributed by atoms with Crippen LogP contribution in [0.5, 0.6) is 0 Å². The van der Waals surface area contributed by atoms with E-state index in [9.17, 15) is 35.1 Å². The molecule has 318 valence electrons. The number of rotatable bonds is 9. The standard InChI is InChI=1S/C48H79NO7/c1-26(32-9-11-34-43-35(17-20-47(32,34)5)45(3)19-16-31(50)22-29(45)24-38(43)51)7-13-41(54)49-30-15-18-46(4)28(21-30)23-39(52)44-36-12-10-33(27(2)8-14-42(55)56)48(36,6)40(53)25-37(44)46/h26-40,43-44,50-53H,7-25H2,1-6H3,(H,49,54)(H,55,56)/t26-,27-,28+,29+,30+,31-,32-,33-,34+,35+,36+,37+,38-,39-,40+,43+,44+,45+,46+,47-,48-/m1/s1. The molecule has 8 fully saturated rings. The lowest BCUT2D eigenvalue weighted by molar-refractivity contribution is -0.202. The fourth-order valence-corrected chi connectivity index (χ4v) is 17.9. The van der Waals surface area contributed by atoms with Gasteiger partial charge < -0.3 is 30.8 Å². The van der Waals surface area contributed by atoms with Crippen molar-refractivity contribution in [2.24, 2.45) is 92.7 Å². The Morgan fingerprint density at radius 3 is 1.88 bits per heavy atom. The lowest BCUT2D eigenvalue weighted by atomic mass is 9.43. The van der Waals surface area contributed by atoms with Gasteiger partial charge in [0.2, 0.25) is 5.91 Å². The van der Waals surface area contributed by atoms with Crippen LogP contribution in [-0.4, -0.2) is 67.9 Å². The van der Waals surface area contributed by atoms with Crippen molar-refractivity contribution in [2.45, 2.75) is 194 Å². The highest BCUT2D eigenvalue weighted by Gasteiger charge is 2.66. The zero-order chi connectivity index (χ0) is 40.1. The lowest BCUT2D eigenvalue weighted by Gasteiger charge is -2.63. The highest BCUT2D eigenvalue weighted by atomic mass is 16.4. The summed E-state index contributed by atoms with van der Waals surface area (Å²) < 4.78 is 0. The molecule has 0 aromatic heterocycles. The Bertz CT molecular complexity index is 1470. The van der Waals surface area contributed by atoms with E-state index in [-0.39, 0.29) is 81.8 Å². The molecule has 1 amide bonds. The van der Waals surface area contributed by atoms with Crippen LogP contribution in [0.1, 0.15) is 164 Å². The number of fused-ring (bicyclic) bond motifs is 10. The first-order chi connectivity index (χ1) is 26.4. The van der Waals surface area contributed by atoms with Crippen LogP contribution in [0, 0.1) is 92.7 Å². The van der Waals surface area contributed by atoms with Crippen molar-refractivity contribution in [1.82, 2.24) is 5.32 Å². The van der Waals surface area contributed by atoms with Gasteiger partial charge >= 0.3 is 5.97 Å². The molecule has 0 bridgehead atoms. The van der Waals surface area contributed by atoms with Gasteiger partial charge in [0, 0.05) is 18.9 Å². The highest BCUT2D eigenvalue weighted by molar-refractivity contribution is 5.76. The van der Waals surface area contributed by atoms with Gasteiger partial charge in [-0.05, 0) is 202 Å². The minimum absolute atomic E-state index is 0.0326. The third kappa shape index (κ3) is 6.57. The molecule has 8 saturated carbocycles. The Morgan fingerprint density at radius 1 is 0.607 bits per heavy atom. The lowest BCUT2D eigenvalue weighted by Crippen LogP contribution is -2.63. The van der Waals surface area contributed by atoms with Gasteiger partial charge in [-0.2, -0.15) is 0 Å². The SMILES string of the molecule is C[C@H](CCC(=O)N[C@H]1CC[C@@]2(C)[C@@H](C1)C[C@@H](O)[C@@H]1[C@@H]2C[C@H](O)[C@]2(C)[C@@H]([C@H](C)CCC(=O)O)CC[C@@H]12)[C@H]1CC[C@H]2[C@@H]3[C@H](O)C[C@@H]4C[C@H](O)CC[C@]4(C)[C@H]3CC[C@]12C. The molecule has 8 aliphatic carbocycles. The third-order valence-corrected chi connectivity index (χ3v) is 21.0. The number of hydrogen-bond donors (Lipinski definition) is 6. The highest BCUT2D eigenvalue weighted by Crippen LogP contribution is 2.70. The molecular weight excluding hydrogens is 703 g/mol. The summed E-state index contributed by atoms with van der Waals surface area (Å²) in [6, 6.07) is 0.131. The van der Waals surface area contributed by atoms with Crippen LogP contribution < -0.4 is 5.32 Å². The quantitative estimate of drug-likeness (QED) is 0.139. The van der Waals surface area contributed by atoms with E-state index in [1.165, 1.54) is 25.7 Å². The number of carbonyl (C=O) groups excluding carboxylic acids is 1. The topological polar surface area (TPSA) is 147 Å². The van der Waals surface area contributed by atoms with Crippen LogP contribution in [0.2, 0.25) is 0 Å². The normalized spacial score (nSPS) is 53.3. The minimum Gasteiger partial charge on any atom is -0.481 e. The first kappa shape index (κ1) is 41.5. The molecule has 8 nitrogen and oxygen atoms in total. The maximum Gasteiger partial charge on any atom is 0.303 e. The molecule has 8 aliphatic rings. The predicted molar refractivity (Wildman–Crippen MR) is 217 cm³/mol. The predicted octanol–water partition coefficient (Wildman–Crippen LogP) is 7.98. The van der Waals surface area contributed by atoms with Gasteiger partial charge in [-0.1, -0.05) is 41.5 Å². The number of carboxylic acid groups (broad SMARTS) is 1. The number of amides is 1. The molecule has 0 radical (unpaired) electrons. The molecule has 0 aromatic carbocycles. The van der Waals surface area contributed by atoms with E-state index >= 15 is 0 Å². The van der Waals surface area contributed by atoms with E-state index in [0.29, 0.717) is 60.7 Å². The van der Waals surface area contributed by atoms with Crippen molar-refractivity contribution in [3.8, 4) is 0 Å². The fourth-order valence-electron chi connectivity index (χ4n) is 17.9. The van der Waals surface area contributed by atoms with Crippen molar-refractivity contribution in [3.05, 3.63) is 0 Å². The van der Waals surface area contributed by atoms with Gasteiger partial charge in [0.05, 0.1) is 24.4 Å². The van der Waals surface area contributed by atoms with Crippen molar-refractivity contribution in [2.75, 3.05) is 0 Å². The molecule has 0 heterocycles. The molecule has 0 spiro atoms. The summed E-state index contributed by atoms with van der Waals surface area (Å²) in [7, 11) is 0. The zero-order valence-corrected chi connectivity index (χ0v) is 35.8. The Morgan fingerprint density at radius 2 is 1.16 bits per heavy atom. The number of aliphatic hydroxyl groups is 4. The molecule has 0 saturated heterocycles. The number of aliphatic hydroxyl groups excluding tert-OH is 4. The van der Waals surface area contributed by atoms with Crippen LogP contribution in [0.15, 0.2) is 0 Å². The fraction of sp³-hybridized carbons (Fsp3) is 0.958. The molecule has 6 N–H and O–H groups in total. The van der Waals surface area contributed by atoms with Crippen molar-refractivity contribution < 1.29 is 35.1 Å². The number of aliphatic carboxylic acids is 1. The van der Waals surface area contributed by atoms with Crippen LogP contribution >= 0.6 is 0 Å². The average Bonchev–Trinajstić information content (AvgIpc) is 3.69. The molecule has 21 atom stereocenters. The van der Waals surface area contributed by atoms with E-state index in [1.807, 2.05) is 0 Å². The van der Waals surface area contributed by atoms with Crippen molar-refractivity contribution in [1.29, 1.82) is 0 Å². The molecule has 8 rings (SSSR count). The van der Waals surface area contributed by atoms with Gasteiger partial charge in [-0.25, -0.2) is 0 Å². The van der Waals surface area contributed by atoms with Gasteiger partial charge in [0.15, 0.2) is 0 Å². The number of nitrogens with one attached hydrogen (secondary N) is 1. The monoisotopic (exact) mass is 782 g/mol. The molecule has 0 unspecified atom stereocenters. The number of carboxylic acids is 1. The maximum absolute atomic E-state index is 13.6. The van der Waals surface area contributed by atoms with Crippen LogP contribution in [-0.2, 0) is 9.59 Å². The summed E-state index contributed by atoms with van der Waals surface area (Å²) in [5, 5.41) is 58.8. The summed E-state index contributed by atoms with van der Waals surface area (Å²) in [6.45, 7) is 14.2. The average molecular weight is 782 g/mol. The van der Waals surface area contributed by atoms with E-state index in [4.69, 9.17) is 0 Å². The van der Waals surface area contributed by atoms with E-state index in [2.05, 4.69) is 46.9 Å². The number of carbonyl (C=O) groups is 2. The minimum atomic E-state index is -0.755. The smallest absolute Gasteiger partial charge is 0.303 e. The van der Waals surface area contributed by atoms with Crippen LogP contribution in [0.4, 0.5) is 0 Å². The zero-order valence-electron chi connectivity index (χ0n) is 35.8. The number of hydrogen-bond acceptors (Lipinski definition) is 6. The second-order valence-corrected chi connectivity index (χ2v) is 23.0.